The van der Waals surface area contributed by atoms with Crippen LogP contribution in [0.3, 0.4) is 0 Å². The predicted molar refractivity (Wildman–Crippen MR) is 66.7 cm³/mol. The first-order valence-electron chi connectivity index (χ1n) is 5.55. The van der Waals surface area contributed by atoms with Crippen LogP contribution in [-0.4, -0.2) is 42.6 Å². The Kier molecular flexibility index (Phi) is 5.61. The van der Waals surface area contributed by atoms with Gasteiger partial charge in [0, 0.05) is 26.4 Å². The molecule has 2 N–H and O–H groups in total. The Labute approximate surface area is 106 Å². The molecule has 1 amide bonds. The monoisotopic (exact) mass is 248 g/mol. The number of methoxy groups -OCH3 is 1. The zero-order valence-corrected chi connectivity index (χ0v) is 10.3. The van der Waals surface area contributed by atoms with Crippen molar-refractivity contribution in [3.8, 4) is 6.07 Å². The van der Waals surface area contributed by atoms with Gasteiger partial charge in [-0.05, 0) is 12.1 Å². The van der Waals surface area contributed by atoms with E-state index < -0.39 is 0 Å². The zero-order chi connectivity index (χ0) is 13.4. The van der Waals surface area contributed by atoms with Crippen LogP contribution in [0.2, 0.25) is 0 Å². The largest absolute Gasteiger partial charge is 0.384 e. The molecule has 1 aromatic heterocycles. The van der Waals surface area contributed by atoms with Gasteiger partial charge in [-0.25, -0.2) is 4.98 Å². The highest BCUT2D eigenvalue weighted by atomic mass is 16.5. The maximum atomic E-state index is 12.1. The topological polar surface area (TPSA) is 92.2 Å². The first kappa shape index (κ1) is 13.9. The summed E-state index contributed by atoms with van der Waals surface area (Å²) in [6.07, 6.45) is 1.72. The van der Waals surface area contributed by atoms with Crippen molar-refractivity contribution in [2.75, 3.05) is 32.5 Å². The van der Waals surface area contributed by atoms with Gasteiger partial charge in [0.05, 0.1) is 24.7 Å². The van der Waals surface area contributed by atoms with Crippen LogP contribution in [0.4, 0.5) is 5.82 Å². The summed E-state index contributed by atoms with van der Waals surface area (Å²) in [5.74, 6) is 0.196. The third-order valence-electron chi connectivity index (χ3n) is 2.38. The van der Waals surface area contributed by atoms with E-state index in [1.807, 2.05) is 6.07 Å². The molecule has 6 heteroatoms. The van der Waals surface area contributed by atoms with Crippen molar-refractivity contribution in [2.24, 2.45) is 0 Å². The van der Waals surface area contributed by atoms with E-state index in [2.05, 4.69) is 4.98 Å². The first-order chi connectivity index (χ1) is 8.69. The highest BCUT2D eigenvalue weighted by molar-refractivity contribution is 5.94. The molecular weight excluding hydrogens is 232 g/mol. The van der Waals surface area contributed by atoms with Crippen molar-refractivity contribution >= 4 is 11.7 Å². The summed E-state index contributed by atoms with van der Waals surface area (Å²) >= 11 is 0. The van der Waals surface area contributed by atoms with Gasteiger partial charge < -0.3 is 15.4 Å². The fourth-order valence-electron chi connectivity index (χ4n) is 1.42. The van der Waals surface area contributed by atoms with E-state index in [1.54, 1.807) is 24.1 Å². The van der Waals surface area contributed by atoms with Gasteiger partial charge in [-0.3, -0.25) is 4.79 Å². The van der Waals surface area contributed by atoms with E-state index in [0.29, 0.717) is 31.1 Å². The molecule has 0 atom stereocenters. The van der Waals surface area contributed by atoms with Gasteiger partial charge in [0.25, 0.3) is 5.91 Å². The highest BCUT2D eigenvalue weighted by Crippen LogP contribution is 2.06. The summed E-state index contributed by atoms with van der Waals surface area (Å²) in [6.45, 7) is 1.25. The molecule has 0 aromatic carbocycles. The summed E-state index contributed by atoms with van der Waals surface area (Å²) < 4.78 is 4.95. The predicted octanol–water partition coefficient (Wildman–Crippen LogP) is 0.666. The second-order valence-corrected chi connectivity index (χ2v) is 3.66. The Morgan fingerprint density at radius 3 is 2.89 bits per heavy atom. The van der Waals surface area contributed by atoms with Gasteiger partial charge in [0.1, 0.15) is 5.82 Å². The molecule has 0 saturated heterocycles. The molecule has 0 spiro atoms. The normalized spacial score (nSPS) is 9.78. The van der Waals surface area contributed by atoms with Crippen LogP contribution in [0, 0.1) is 11.3 Å². The van der Waals surface area contributed by atoms with Gasteiger partial charge >= 0.3 is 0 Å². The number of pyridine rings is 1. The molecule has 0 fully saturated rings. The molecule has 0 radical (unpaired) electrons. The van der Waals surface area contributed by atoms with E-state index in [4.69, 9.17) is 15.7 Å². The Bertz CT molecular complexity index is 425. The Hall–Kier alpha value is -2.13. The maximum Gasteiger partial charge on any atom is 0.255 e. The molecule has 6 nitrogen and oxygen atoms in total. The van der Waals surface area contributed by atoms with Crippen LogP contribution in [-0.2, 0) is 4.74 Å². The van der Waals surface area contributed by atoms with Crippen LogP contribution >= 0.6 is 0 Å². The number of nitrogens with two attached hydrogens (primary N) is 1. The number of nitrogens with zero attached hydrogens (tertiary/aromatic N) is 3. The van der Waals surface area contributed by atoms with Crippen LogP contribution < -0.4 is 5.73 Å². The van der Waals surface area contributed by atoms with Gasteiger partial charge in [-0.15, -0.1) is 0 Å². The number of hydrogen-bond acceptors (Lipinski definition) is 5. The Morgan fingerprint density at radius 2 is 2.33 bits per heavy atom. The lowest BCUT2D eigenvalue weighted by atomic mass is 10.2. The van der Waals surface area contributed by atoms with E-state index in [-0.39, 0.29) is 12.3 Å². The SMILES string of the molecule is COCCN(CCC#N)C(=O)c1ccc(N)nc1. The van der Waals surface area contributed by atoms with Crippen LogP contribution in [0.15, 0.2) is 18.3 Å². The molecule has 0 aliphatic rings. The lowest BCUT2D eigenvalue weighted by molar-refractivity contribution is 0.0699. The molecule has 0 aliphatic carbocycles. The van der Waals surface area contributed by atoms with Gasteiger partial charge in [-0.2, -0.15) is 5.26 Å². The molecule has 18 heavy (non-hydrogen) atoms. The summed E-state index contributed by atoms with van der Waals surface area (Å²) in [5.41, 5.74) is 5.92. The summed E-state index contributed by atoms with van der Waals surface area (Å²) in [5, 5.41) is 8.58. The lowest BCUT2D eigenvalue weighted by Gasteiger charge is -2.21. The number of ether oxygens (including phenoxy) is 1. The number of carbonyl (C=O) groups is 1. The molecule has 0 saturated carbocycles. The van der Waals surface area contributed by atoms with E-state index in [0.717, 1.165) is 0 Å². The maximum absolute atomic E-state index is 12.1. The smallest absolute Gasteiger partial charge is 0.255 e. The molecular formula is C12H16N4O2. The number of amides is 1. The zero-order valence-electron chi connectivity index (χ0n) is 10.3. The van der Waals surface area contributed by atoms with Crippen molar-refractivity contribution < 1.29 is 9.53 Å². The highest BCUT2D eigenvalue weighted by Gasteiger charge is 2.15. The molecule has 1 aromatic rings. The molecule has 1 heterocycles. The average Bonchev–Trinajstić information content (AvgIpc) is 2.39. The molecule has 0 bridgehead atoms. The summed E-state index contributed by atoms with van der Waals surface area (Å²) in [6, 6.07) is 5.22. The first-order valence-corrected chi connectivity index (χ1v) is 5.55. The third-order valence-corrected chi connectivity index (χ3v) is 2.38. The van der Waals surface area contributed by atoms with Crippen molar-refractivity contribution in [2.45, 2.75) is 6.42 Å². The number of carbonyl (C=O) groups excluding carboxylic acids is 1. The van der Waals surface area contributed by atoms with Crippen LogP contribution in [0.1, 0.15) is 16.8 Å². The van der Waals surface area contributed by atoms with Crippen LogP contribution in [0.5, 0.6) is 0 Å². The Balaban J connectivity index is 2.74. The number of aromatic nitrogens is 1. The standard InChI is InChI=1S/C12H16N4O2/c1-18-8-7-16(6-2-5-13)12(17)10-3-4-11(14)15-9-10/h3-4,9H,2,6-8H2,1H3,(H2,14,15). The molecule has 1 rings (SSSR count). The van der Waals surface area contributed by atoms with Crippen molar-refractivity contribution in [1.29, 1.82) is 5.26 Å². The van der Waals surface area contributed by atoms with Crippen molar-refractivity contribution in [1.82, 2.24) is 9.88 Å². The van der Waals surface area contributed by atoms with Crippen molar-refractivity contribution in [3.63, 3.8) is 0 Å². The van der Waals surface area contributed by atoms with E-state index in [1.165, 1.54) is 6.20 Å². The fraction of sp³-hybridized carbons (Fsp3) is 0.417. The second-order valence-electron chi connectivity index (χ2n) is 3.66. The van der Waals surface area contributed by atoms with Gasteiger partial charge in [0.15, 0.2) is 0 Å². The van der Waals surface area contributed by atoms with Gasteiger partial charge in [0.2, 0.25) is 0 Å². The molecule has 96 valence electrons. The molecule has 0 unspecified atom stereocenters. The number of rotatable bonds is 6. The molecule has 0 aliphatic heterocycles. The summed E-state index contributed by atoms with van der Waals surface area (Å²) in [7, 11) is 1.57. The number of anilines is 1. The lowest BCUT2D eigenvalue weighted by Crippen LogP contribution is -2.34. The Morgan fingerprint density at radius 1 is 1.56 bits per heavy atom. The minimum atomic E-state index is -0.171. The number of nitriles is 1. The van der Waals surface area contributed by atoms with E-state index in [9.17, 15) is 4.79 Å². The van der Waals surface area contributed by atoms with Crippen molar-refractivity contribution in [3.05, 3.63) is 23.9 Å². The fourth-order valence-corrected chi connectivity index (χ4v) is 1.42. The minimum absolute atomic E-state index is 0.171. The third kappa shape index (κ3) is 4.03. The van der Waals surface area contributed by atoms with Gasteiger partial charge in [-0.1, -0.05) is 0 Å². The number of hydrogen-bond donors (Lipinski definition) is 1. The minimum Gasteiger partial charge on any atom is -0.384 e. The number of nitrogen functional groups attached to an aromatic ring is 1. The van der Waals surface area contributed by atoms with Crippen LogP contribution in [0.25, 0.3) is 0 Å². The average molecular weight is 248 g/mol. The summed E-state index contributed by atoms with van der Waals surface area (Å²) in [4.78, 5) is 17.6. The quantitative estimate of drug-likeness (QED) is 0.798. The second kappa shape index (κ2) is 7.25. The van der Waals surface area contributed by atoms with E-state index >= 15 is 0 Å².